The van der Waals surface area contributed by atoms with Crippen LogP contribution in [0.1, 0.15) is 28.1 Å². The topological polar surface area (TPSA) is 60.5 Å². The van der Waals surface area contributed by atoms with E-state index in [0.717, 1.165) is 33.7 Å². The van der Waals surface area contributed by atoms with Crippen LogP contribution in [-0.4, -0.2) is 31.2 Å². The minimum absolute atomic E-state index is 0.0103. The molecule has 2 aromatic carbocycles. The van der Waals surface area contributed by atoms with E-state index in [1.807, 2.05) is 66.7 Å². The zero-order chi connectivity index (χ0) is 24.3. The van der Waals surface area contributed by atoms with Crippen molar-refractivity contribution >= 4 is 41.3 Å². The van der Waals surface area contributed by atoms with Crippen molar-refractivity contribution in [1.29, 1.82) is 0 Å². The largest absolute Gasteiger partial charge is 0.487 e. The number of hydrogen-bond acceptors (Lipinski definition) is 4. The van der Waals surface area contributed by atoms with Crippen LogP contribution in [0, 0.1) is 0 Å². The van der Waals surface area contributed by atoms with Crippen molar-refractivity contribution in [2.45, 2.75) is 6.61 Å². The predicted molar refractivity (Wildman–Crippen MR) is 139 cm³/mol. The quantitative estimate of drug-likeness (QED) is 0.351. The Hall–Kier alpha value is -3.67. The van der Waals surface area contributed by atoms with Crippen LogP contribution < -0.4 is 10.1 Å². The highest BCUT2D eigenvalue weighted by atomic mass is 35.5. The molecule has 0 aliphatic heterocycles. The summed E-state index contributed by atoms with van der Waals surface area (Å²) in [6.07, 6.45) is 5.47. The monoisotopic (exact) mass is 474 g/mol. The summed E-state index contributed by atoms with van der Waals surface area (Å²) < 4.78 is 10.8. The lowest BCUT2D eigenvalue weighted by Crippen LogP contribution is -2.28. The molecule has 5 nitrogen and oxygen atoms in total. The molecule has 1 N–H and O–H groups in total. The average molecular weight is 475 g/mol. The van der Waals surface area contributed by atoms with Crippen molar-refractivity contribution in [1.82, 2.24) is 10.3 Å². The second-order valence-corrected chi connectivity index (χ2v) is 7.87. The number of rotatable bonds is 11. The van der Waals surface area contributed by atoms with E-state index in [0.29, 0.717) is 23.9 Å². The first-order chi connectivity index (χ1) is 16.5. The molecule has 0 saturated heterocycles. The first kappa shape index (κ1) is 25.0. The molecular weight excluding hydrogens is 448 g/mol. The highest BCUT2D eigenvalue weighted by molar-refractivity contribution is 6.30. The minimum Gasteiger partial charge on any atom is -0.487 e. The third kappa shape index (κ3) is 7.17. The molecule has 0 aliphatic carbocycles. The maximum absolute atomic E-state index is 11.9. The van der Waals surface area contributed by atoms with Crippen molar-refractivity contribution in [3.8, 4) is 5.75 Å². The number of carbonyl (C=O) groups is 1. The van der Waals surface area contributed by atoms with E-state index in [-0.39, 0.29) is 12.5 Å². The number of nitrogens with one attached hydrogen (secondary N) is 1. The van der Waals surface area contributed by atoms with Crippen LogP contribution in [0.3, 0.4) is 0 Å². The second-order valence-electron chi connectivity index (χ2n) is 7.43. The number of halogens is 1. The van der Waals surface area contributed by atoms with Gasteiger partial charge in [0.1, 0.15) is 19.0 Å². The van der Waals surface area contributed by atoms with Crippen LogP contribution in [0.2, 0.25) is 5.02 Å². The molecule has 0 aliphatic rings. The van der Waals surface area contributed by atoms with Crippen LogP contribution in [0.25, 0.3) is 23.8 Å². The first-order valence-corrected chi connectivity index (χ1v) is 11.1. The van der Waals surface area contributed by atoms with Crippen molar-refractivity contribution in [3.05, 3.63) is 107 Å². The van der Waals surface area contributed by atoms with Crippen molar-refractivity contribution in [3.63, 3.8) is 0 Å². The Morgan fingerprint density at radius 3 is 2.41 bits per heavy atom. The van der Waals surface area contributed by atoms with Crippen LogP contribution in [-0.2, 0) is 16.1 Å². The Kier molecular flexibility index (Phi) is 9.21. The Bertz CT molecular complexity index is 1170. The number of amides is 1. The molecular formula is C28H27ClN2O3. The molecule has 0 spiro atoms. The van der Waals surface area contributed by atoms with Crippen molar-refractivity contribution < 1.29 is 14.3 Å². The Labute approximate surface area is 205 Å². The van der Waals surface area contributed by atoms with Gasteiger partial charge in [0.2, 0.25) is 5.91 Å². The van der Waals surface area contributed by atoms with Gasteiger partial charge in [-0.3, -0.25) is 4.79 Å². The van der Waals surface area contributed by atoms with E-state index >= 15 is 0 Å². The summed E-state index contributed by atoms with van der Waals surface area (Å²) in [6, 6.07) is 19.1. The minimum atomic E-state index is -0.182. The summed E-state index contributed by atoms with van der Waals surface area (Å²) in [7, 11) is 1.49. The van der Waals surface area contributed by atoms with Crippen molar-refractivity contribution in [2.24, 2.45) is 0 Å². The van der Waals surface area contributed by atoms with Gasteiger partial charge in [0.25, 0.3) is 0 Å². The van der Waals surface area contributed by atoms with Gasteiger partial charge in [-0.2, -0.15) is 0 Å². The normalized spacial score (nSPS) is 11.1. The van der Waals surface area contributed by atoms with E-state index in [2.05, 4.69) is 23.5 Å². The van der Waals surface area contributed by atoms with Gasteiger partial charge in [-0.15, -0.1) is 0 Å². The number of nitrogens with zero attached hydrogens (tertiary/aromatic N) is 1. The number of carbonyl (C=O) groups excluding carboxylic acids is 1. The molecule has 0 unspecified atom stereocenters. The molecule has 6 heteroatoms. The van der Waals surface area contributed by atoms with Gasteiger partial charge in [0.05, 0.1) is 11.4 Å². The molecule has 174 valence electrons. The molecule has 0 atom stereocenters. The van der Waals surface area contributed by atoms with Gasteiger partial charge >= 0.3 is 0 Å². The zero-order valence-electron chi connectivity index (χ0n) is 19.1. The molecule has 0 bridgehead atoms. The van der Waals surface area contributed by atoms with Crippen LogP contribution in [0.15, 0.2) is 73.8 Å². The molecule has 1 aromatic heterocycles. The maximum Gasteiger partial charge on any atom is 0.246 e. The third-order valence-electron chi connectivity index (χ3n) is 5.00. The Morgan fingerprint density at radius 2 is 1.76 bits per heavy atom. The molecule has 0 radical (unpaired) electrons. The van der Waals surface area contributed by atoms with E-state index in [9.17, 15) is 4.79 Å². The number of benzene rings is 2. The molecule has 1 amide bonds. The number of methoxy groups -OCH3 is 1. The maximum atomic E-state index is 11.9. The number of pyridine rings is 1. The lowest BCUT2D eigenvalue weighted by Gasteiger charge is -2.12. The summed E-state index contributed by atoms with van der Waals surface area (Å²) in [5, 5.41) is 3.55. The number of ether oxygens (including phenoxy) is 2. The fourth-order valence-corrected chi connectivity index (χ4v) is 3.37. The van der Waals surface area contributed by atoms with Crippen LogP contribution in [0.4, 0.5) is 0 Å². The zero-order valence-corrected chi connectivity index (χ0v) is 19.8. The number of aromatic nitrogens is 1. The lowest BCUT2D eigenvalue weighted by molar-refractivity contribution is -0.124. The molecule has 34 heavy (non-hydrogen) atoms. The molecule has 3 aromatic rings. The molecule has 1 heterocycles. The summed E-state index contributed by atoms with van der Waals surface area (Å²) in [6.45, 7) is 8.29. The lowest BCUT2D eigenvalue weighted by atomic mass is 10.0. The Balaban J connectivity index is 1.74. The fraction of sp³-hybridized carbons (Fsp3) is 0.143. The van der Waals surface area contributed by atoms with Crippen LogP contribution >= 0.6 is 11.6 Å². The second kappa shape index (κ2) is 12.5. The summed E-state index contributed by atoms with van der Waals surface area (Å²) in [4.78, 5) is 16.5. The Morgan fingerprint density at radius 1 is 1.03 bits per heavy atom. The highest BCUT2D eigenvalue weighted by Crippen LogP contribution is 2.23. The summed E-state index contributed by atoms with van der Waals surface area (Å²) >= 11 is 6.01. The summed E-state index contributed by atoms with van der Waals surface area (Å²) in [5.41, 5.74) is 5.39. The average Bonchev–Trinajstić information content (AvgIpc) is 2.86. The molecule has 0 fully saturated rings. The smallest absolute Gasteiger partial charge is 0.246 e. The predicted octanol–water partition coefficient (Wildman–Crippen LogP) is 5.90. The van der Waals surface area contributed by atoms with Crippen molar-refractivity contribution in [2.75, 3.05) is 20.3 Å². The first-order valence-electron chi connectivity index (χ1n) is 10.7. The fourth-order valence-electron chi connectivity index (χ4n) is 3.24. The van der Waals surface area contributed by atoms with E-state index in [1.54, 1.807) is 12.2 Å². The standard InChI is InChI=1S/C28H27ClN2O3/c1-4-21-8-13-25(31-27(21)5-2)18-34-26-14-9-22(10-15-26)23(17-30-28(32)19-33-3)16-20-6-11-24(29)12-7-20/h4-16H,1-2,17-19H2,3H3,(H,30,32). The highest BCUT2D eigenvalue weighted by Gasteiger charge is 2.07. The third-order valence-corrected chi connectivity index (χ3v) is 5.25. The SMILES string of the molecule is C=Cc1ccc(COc2ccc(C(=Cc3ccc(Cl)cc3)CNC(=O)COC)cc2)nc1C=C. The van der Waals surface area contributed by atoms with Gasteiger partial charge in [-0.1, -0.05) is 61.2 Å². The van der Waals surface area contributed by atoms with Crippen LogP contribution in [0.5, 0.6) is 5.75 Å². The van der Waals surface area contributed by atoms with Gasteiger partial charge in [0.15, 0.2) is 0 Å². The van der Waals surface area contributed by atoms with Gasteiger partial charge < -0.3 is 14.8 Å². The van der Waals surface area contributed by atoms with Gasteiger partial charge in [-0.05, 0) is 64.7 Å². The summed E-state index contributed by atoms with van der Waals surface area (Å²) in [5.74, 6) is 0.533. The molecule has 3 rings (SSSR count). The van der Waals surface area contributed by atoms with Gasteiger partial charge in [-0.25, -0.2) is 4.98 Å². The number of hydrogen-bond donors (Lipinski definition) is 1. The van der Waals surface area contributed by atoms with E-state index in [1.165, 1.54) is 7.11 Å². The molecule has 0 saturated carbocycles. The van der Waals surface area contributed by atoms with E-state index in [4.69, 9.17) is 21.1 Å². The van der Waals surface area contributed by atoms with E-state index < -0.39 is 0 Å². The van der Waals surface area contributed by atoms with Gasteiger partial charge in [0, 0.05) is 18.7 Å².